The molecule has 27 heavy (non-hydrogen) atoms. The first-order valence-corrected chi connectivity index (χ1v) is 10.1. The van der Waals surface area contributed by atoms with Gasteiger partial charge in [-0.3, -0.25) is 14.8 Å². The minimum atomic E-state index is -4.12. The first-order chi connectivity index (χ1) is 12.7. The van der Waals surface area contributed by atoms with E-state index in [1.165, 1.54) is 42.6 Å². The Labute approximate surface area is 168 Å². The van der Waals surface area contributed by atoms with Crippen molar-refractivity contribution in [3.05, 3.63) is 51.5 Å². The lowest BCUT2D eigenvalue weighted by atomic mass is 10.2. The van der Waals surface area contributed by atoms with E-state index in [4.69, 9.17) is 11.6 Å². The lowest BCUT2D eigenvalue weighted by Crippen LogP contribution is -2.28. The summed E-state index contributed by atoms with van der Waals surface area (Å²) in [5, 5.41) is 12.5. The van der Waals surface area contributed by atoms with Crippen LogP contribution in [-0.2, 0) is 10.0 Å². The Hall–Kier alpha value is -2.43. The lowest BCUT2D eigenvalue weighted by molar-refractivity contribution is 0.0976. The molecule has 0 bridgehead atoms. The predicted molar refractivity (Wildman–Crippen MR) is 106 cm³/mol. The van der Waals surface area contributed by atoms with Crippen LogP contribution in [0, 0.1) is 0 Å². The topological polar surface area (TPSA) is 120 Å². The monoisotopic (exact) mass is 470 g/mol. The summed E-state index contributed by atoms with van der Waals surface area (Å²) in [6.45, 7) is 0.381. The molecule has 8 nitrogen and oxygen atoms in total. The first-order valence-electron chi connectivity index (χ1n) is 7.45. The van der Waals surface area contributed by atoms with Gasteiger partial charge in [-0.25, -0.2) is 18.4 Å². The lowest BCUT2D eigenvalue weighted by Gasteiger charge is -2.12. The molecule has 1 amide bonds. The highest BCUT2D eigenvalue weighted by molar-refractivity contribution is 9.10. The average molecular weight is 472 g/mol. The van der Waals surface area contributed by atoms with E-state index in [2.05, 4.69) is 36.0 Å². The number of hydrogen-bond acceptors (Lipinski definition) is 6. The number of sulfonamides is 1. The molecule has 3 rings (SSSR count). The number of benzene rings is 2. The molecule has 1 aliphatic heterocycles. The number of phenols is 1. The Morgan fingerprint density at radius 1 is 1.22 bits per heavy atom. The van der Waals surface area contributed by atoms with E-state index < -0.39 is 21.7 Å². The highest BCUT2D eigenvalue weighted by Gasteiger charge is 2.20. The maximum Gasteiger partial charge on any atom is 0.265 e. The van der Waals surface area contributed by atoms with Crippen LogP contribution in [0.5, 0.6) is 5.75 Å². The van der Waals surface area contributed by atoms with Gasteiger partial charge >= 0.3 is 0 Å². The Kier molecular flexibility index (Phi) is 5.49. The third kappa shape index (κ3) is 4.65. The second-order valence-electron chi connectivity index (χ2n) is 5.38. The molecule has 0 radical (unpaired) electrons. The smallest absolute Gasteiger partial charge is 0.265 e. The molecule has 0 fully saturated rings. The van der Waals surface area contributed by atoms with E-state index in [1.54, 1.807) is 0 Å². The van der Waals surface area contributed by atoms with Gasteiger partial charge in [-0.05, 0) is 36.4 Å². The second-order valence-corrected chi connectivity index (χ2v) is 8.38. The standard InChI is InChI=1S/C16H12BrClN4O4S/c17-10-1-2-13(23)14(7-10)27(25,26)22-12-6-9(5-11(18)8-12)15(24)21-16-19-3-4-20-16/h1-3,5-8,22-23H,4H2,(H,20,21,24). The number of carbonyl (C=O) groups is 1. The van der Waals surface area contributed by atoms with Gasteiger partial charge in [-0.2, -0.15) is 0 Å². The Balaban J connectivity index is 1.88. The number of aliphatic imine (C=N–C) groups is 2. The summed E-state index contributed by atoms with van der Waals surface area (Å²) in [6.07, 6.45) is 1.54. The van der Waals surface area contributed by atoms with Gasteiger partial charge in [-0.1, -0.05) is 27.5 Å². The van der Waals surface area contributed by atoms with E-state index in [0.717, 1.165) is 0 Å². The molecule has 0 aromatic heterocycles. The van der Waals surface area contributed by atoms with Gasteiger partial charge in [0, 0.05) is 21.3 Å². The van der Waals surface area contributed by atoms with Crippen LogP contribution in [0.2, 0.25) is 5.02 Å². The molecule has 2 aromatic rings. The van der Waals surface area contributed by atoms with Crippen LogP contribution in [0.1, 0.15) is 10.4 Å². The number of phenolic OH excluding ortho intramolecular Hbond substituents is 1. The van der Waals surface area contributed by atoms with Crippen molar-refractivity contribution in [2.75, 3.05) is 11.3 Å². The van der Waals surface area contributed by atoms with Gasteiger partial charge in [0.1, 0.15) is 10.6 Å². The van der Waals surface area contributed by atoms with E-state index in [9.17, 15) is 18.3 Å². The molecular weight excluding hydrogens is 460 g/mol. The van der Waals surface area contributed by atoms with Crippen molar-refractivity contribution in [3.8, 4) is 5.75 Å². The Bertz CT molecular complexity index is 1090. The van der Waals surface area contributed by atoms with Crippen LogP contribution in [0.3, 0.4) is 0 Å². The van der Waals surface area contributed by atoms with Crippen molar-refractivity contribution < 1.29 is 18.3 Å². The molecule has 0 spiro atoms. The molecule has 140 valence electrons. The highest BCUT2D eigenvalue weighted by Crippen LogP contribution is 2.29. The second kappa shape index (κ2) is 7.67. The summed E-state index contributed by atoms with van der Waals surface area (Å²) in [7, 11) is -4.12. The summed E-state index contributed by atoms with van der Waals surface area (Å²) in [6, 6.07) is 8.04. The van der Waals surface area contributed by atoms with Gasteiger partial charge < -0.3 is 5.11 Å². The van der Waals surface area contributed by atoms with Crippen LogP contribution in [-0.4, -0.2) is 38.2 Å². The van der Waals surface area contributed by atoms with Gasteiger partial charge in [-0.15, -0.1) is 0 Å². The average Bonchev–Trinajstić information content (AvgIpc) is 3.09. The van der Waals surface area contributed by atoms with E-state index in [0.29, 0.717) is 11.0 Å². The number of nitrogens with zero attached hydrogens (tertiary/aromatic N) is 2. The van der Waals surface area contributed by atoms with E-state index >= 15 is 0 Å². The highest BCUT2D eigenvalue weighted by atomic mass is 79.9. The van der Waals surface area contributed by atoms with Crippen molar-refractivity contribution >= 4 is 61.3 Å². The molecule has 0 atom stereocenters. The summed E-state index contributed by atoms with van der Waals surface area (Å²) in [4.78, 5) is 19.8. The largest absolute Gasteiger partial charge is 0.507 e. The van der Waals surface area contributed by atoms with E-state index in [-0.39, 0.29) is 27.1 Å². The zero-order chi connectivity index (χ0) is 19.6. The fraction of sp³-hybridized carbons (Fsp3) is 0.0625. The van der Waals surface area contributed by atoms with Crippen LogP contribution in [0.15, 0.2) is 55.8 Å². The maximum absolute atomic E-state index is 12.6. The SMILES string of the molecule is O=C(NC1=NCC=N1)c1cc(Cl)cc(NS(=O)(=O)c2cc(Br)ccc2O)c1. The molecule has 0 unspecified atom stereocenters. The van der Waals surface area contributed by atoms with Crippen molar-refractivity contribution in [1.29, 1.82) is 0 Å². The zero-order valence-corrected chi connectivity index (χ0v) is 16.6. The predicted octanol–water partition coefficient (Wildman–Crippen LogP) is 2.78. The van der Waals surface area contributed by atoms with Crippen molar-refractivity contribution in [1.82, 2.24) is 5.32 Å². The minimum absolute atomic E-state index is 0.0592. The molecule has 11 heteroatoms. The molecule has 1 aliphatic rings. The molecule has 0 saturated heterocycles. The number of carbonyl (C=O) groups excluding carboxylic acids is 1. The number of halogens is 2. The normalized spacial score (nSPS) is 13.3. The molecule has 0 saturated carbocycles. The quantitative estimate of drug-likeness (QED) is 0.635. The zero-order valence-electron chi connectivity index (χ0n) is 13.5. The molecule has 2 aromatic carbocycles. The number of rotatable bonds is 4. The number of hydrogen-bond donors (Lipinski definition) is 3. The number of nitrogens with one attached hydrogen (secondary N) is 2. The van der Waals surface area contributed by atoms with Gasteiger partial charge in [0.2, 0.25) is 5.96 Å². The molecule has 3 N–H and O–H groups in total. The van der Waals surface area contributed by atoms with Crippen molar-refractivity contribution in [2.24, 2.45) is 9.98 Å². The van der Waals surface area contributed by atoms with Crippen LogP contribution >= 0.6 is 27.5 Å². The molecule has 0 aliphatic carbocycles. The fourth-order valence-corrected chi connectivity index (χ4v) is 4.15. The van der Waals surface area contributed by atoms with Crippen molar-refractivity contribution in [3.63, 3.8) is 0 Å². The first kappa shape index (κ1) is 19.3. The summed E-state index contributed by atoms with van der Waals surface area (Å²) >= 11 is 9.17. The van der Waals surface area contributed by atoms with E-state index in [1.807, 2.05) is 0 Å². The number of anilines is 1. The molecular formula is C16H12BrClN4O4S. The Morgan fingerprint density at radius 3 is 2.70 bits per heavy atom. The fourth-order valence-electron chi connectivity index (χ4n) is 2.23. The number of aromatic hydroxyl groups is 1. The maximum atomic E-state index is 12.6. The van der Waals surface area contributed by atoms with Crippen molar-refractivity contribution in [2.45, 2.75) is 4.90 Å². The number of guanidine groups is 1. The third-order valence-electron chi connectivity index (χ3n) is 3.39. The van der Waals surface area contributed by atoms with Gasteiger partial charge in [0.05, 0.1) is 12.2 Å². The third-order valence-corrected chi connectivity index (χ3v) is 5.51. The minimum Gasteiger partial charge on any atom is -0.507 e. The number of amides is 1. The van der Waals surface area contributed by atoms with Gasteiger partial charge in [0.25, 0.3) is 15.9 Å². The van der Waals surface area contributed by atoms with Crippen LogP contribution in [0.25, 0.3) is 0 Å². The van der Waals surface area contributed by atoms with Gasteiger partial charge in [0.15, 0.2) is 0 Å². The van der Waals surface area contributed by atoms with Crippen LogP contribution < -0.4 is 10.0 Å². The molecule has 1 heterocycles. The van der Waals surface area contributed by atoms with Crippen LogP contribution in [0.4, 0.5) is 5.69 Å². The summed E-state index contributed by atoms with van der Waals surface area (Å²) < 4.78 is 27.9. The summed E-state index contributed by atoms with van der Waals surface area (Å²) in [5.41, 5.74) is 0.173. The summed E-state index contributed by atoms with van der Waals surface area (Å²) in [5.74, 6) is -0.787. The Morgan fingerprint density at radius 2 is 2.00 bits per heavy atom.